The van der Waals surface area contributed by atoms with Gasteiger partial charge in [-0.15, -0.1) is 0 Å². The van der Waals surface area contributed by atoms with Crippen molar-refractivity contribution in [1.29, 1.82) is 0 Å². The van der Waals surface area contributed by atoms with Crippen LogP contribution in [0.1, 0.15) is 12.5 Å². The Morgan fingerprint density at radius 1 is 1.38 bits per heavy atom. The van der Waals surface area contributed by atoms with Gasteiger partial charge in [-0.3, -0.25) is 0 Å². The van der Waals surface area contributed by atoms with Gasteiger partial charge in [0.15, 0.2) is 11.5 Å². The van der Waals surface area contributed by atoms with Crippen LogP contribution >= 0.6 is 0 Å². The molecule has 1 aromatic carbocycles. The van der Waals surface area contributed by atoms with Gasteiger partial charge < -0.3 is 14.7 Å². The van der Waals surface area contributed by atoms with Crippen LogP contribution in [0.25, 0.3) is 0 Å². The summed E-state index contributed by atoms with van der Waals surface area (Å²) in [6.07, 6.45) is 0. The van der Waals surface area contributed by atoms with Crippen molar-refractivity contribution >= 4 is 5.71 Å². The van der Waals surface area contributed by atoms with Crippen molar-refractivity contribution in [3.05, 3.63) is 23.8 Å². The third kappa shape index (κ3) is 1.30. The molecule has 0 unspecified atom stereocenters. The summed E-state index contributed by atoms with van der Waals surface area (Å²) in [7, 11) is 0. The fraction of sp³-hybridized carbons (Fsp3) is 0.222. The number of rotatable bonds is 1. The summed E-state index contributed by atoms with van der Waals surface area (Å²) in [5.41, 5.74) is 1.38. The molecular formula is C9H9NO3. The van der Waals surface area contributed by atoms with Crippen molar-refractivity contribution < 1.29 is 14.7 Å². The zero-order chi connectivity index (χ0) is 9.26. The van der Waals surface area contributed by atoms with Gasteiger partial charge in [0.1, 0.15) is 0 Å². The van der Waals surface area contributed by atoms with E-state index in [9.17, 15) is 0 Å². The molecule has 1 aliphatic heterocycles. The first kappa shape index (κ1) is 7.91. The lowest BCUT2D eigenvalue weighted by atomic mass is 10.1. The minimum atomic E-state index is 0.258. The first-order valence-corrected chi connectivity index (χ1v) is 3.90. The van der Waals surface area contributed by atoms with E-state index in [1.165, 1.54) is 0 Å². The zero-order valence-corrected chi connectivity index (χ0v) is 7.15. The highest BCUT2D eigenvalue weighted by Gasteiger charge is 2.13. The third-order valence-corrected chi connectivity index (χ3v) is 1.94. The number of fused-ring (bicyclic) bond motifs is 1. The Bertz CT molecular complexity index is 360. The molecule has 0 spiro atoms. The summed E-state index contributed by atoms with van der Waals surface area (Å²) < 4.78 is 10.3. The van der Waals surface area contributed by atoms with E-state index in [1.54, 1.807) is 19.1 Å². The van der Waals surface area contributed by atoms with E-state index in [0.717, 1.165) is 11.3 Å². The molecule has 1 aromatic rings. The average molecular weight is 179 g/mol. The second kappa shape index (κ2) is 2.97. The first-order valence-electron chi connectivity index (χ1n) is 3.90. The van der Waals surface area contributed by atoms with Crippen LogP contribution in [0.2, 0.25) is 0 Å². The summed E-state index contributed by atoms with van der Waals surface area (Å²) in [6, 6.07) is 5.41. The maximum absolute atomic E-state index is 8.55. The van der Waals surface area contributed by atoms with Crippen LogP contribution in [0.15, 0.2) is 23.4 Å². The highest BCUT2D eigenvalue weighted by molar-refractivity contribution is 5.98. The Labute approximate surface area is 75.4 Å². The smallest absolute Gasteiger partial charge is 0.231 e. The predicted octanol–water partition coefficient (Wildman–Crippen LogP) is 1.61. The molecule has 0 fully saturated rings. The van der Waals surface area contributed by atoms with Crippen LogP contribution in [0.3, 0.4) is 0 Å². The summed E-state index contributed by atoms with van der Waals surface area (Å²) >= 11 is 0. The molecule has 0 bridgehead atoms. The topological polar surface area (TPSA) is 51.1 Å². The molecular weight excluding hydrogens is 170 g/mol. The number of hydrogen-bond donors (Lipinski definition) is 1. The van der Waals surface area contributed by atoms with E-state index < -0.39 is 0 Å². The fourth-order valence-corrected chi connectivity index (χ4v) is 1.18. The van der Waals surface area contributed by atoms with Crippen molar-refractivity contribution in [2.75, 3.05) is 6.79 Å². The van der Waals surface area contributed by atoms with Gasteiger partial charge in [0.2, 0.25) is 6.79 Å². The van der Waals surface area contributed by atoms with Crippen LogP contribution in [-0.4, -0.2) is 17.7 Å². The van der Waals surface area contributed by atoms with Crippen LogP contribution < -0.4 is 9.47 Å². The van der Waals surface area contributed by atoms with Crippen LogP contribution in [0, 0.1) is 0 Å². The van der Waals surface area contributed by atoms with Crippen molar-refractivity contribution in [2.24, 2.45) is 5.16 Å². The number of hydrogen-bond acceptors (Lipinski definition) is 4. The molecule has 0 saturated heterocycles. The summed E-state index contributed by atoms with van der Waals surface area (Å²) in [4.78, 5) is 0. The normalized spacial score (nSPS) is 14.7. The SMILES string of the molecule is C/C(=N\O)c1ccc2c(c1)OCO2. The molecule has 0 aromatic heterocycles. The van der Waals surface area contributed by atoms with Crippen molar-refractivity contribution in [1.82, 2.24) is 0 Å². The van der Waals surface area contributed by atoms with Gasteiger partial charge in [0, 0.05) is 5.56 Å². The molecule has 0 aliphatic carbocycles. The van der Waals surface area contributed by atoms with Gasteiger partial charge in [-0.2, -0.15) is 0 Å². The van der Waals surface area contributed by atoms with Crippen LogP contribution in [0.5, 0.6) is 11.5 Å². The molecule has 1 heterocycles. The van der Waals surface area contributed by atoms with E-state index >= 15 is 0 Å². The quantitative estimate of drug-likeness (QED) is 0.405. The summed E-state index contributed by atoms with van der Waals surface area (Å²) in [6.45, 7) is 1.98. The number of oxime groups is 1. The number of benzene rings is 1. The van der Waals surface area contributed by atoms with Gasteiger partial charge in [-0.25, -0.2) is 0 Å². The standard InChI is InChI=1S/C9H9NO3/c1-6(10-11)7-2-3-8-9(4-7)13-5-12-8/h2-4,11H,5H2,1H3/b10-6+. The Kier molecular flexibility index (Phi) is 1.81. The van der Waals surface area contributed by atoms with Crippen molar-refractivity contribution in [3.63, 3.8) is 0 Å². The molecule has 68 valence electrons. The number of nitrogens with zero attached hydrogens (tertiary/aromatic N) is 1. The molecule has 0 amide bonds. The number of ether oxygens (including phenoxy) is 2. The fourth-order valence-electron chi connectivity index (χ4n) is 1.18. The molecule has 1 N–H and O–H groups in total. The first-order chi connectivity index (χ1) is 6.31. The molecule has 2 rings (SSSR count). The van der Waals surface area contributed by atoms with Crippen molar-refractivity contribution in [2.45, 2.75) is 6.92 Å². The molecule has 4 nitrogen and oxygen atoms in total. The van der Waals surface area contributed by atoms with Gasteiger partial charge in [-0.1, -0.05) is 5.16 Å². The minimum absolute atomic E-state index is 0.258. The molecule has 4 heteroatoms. The molecule has 0 saturated carbocycles. The van der Waals surface area contributed by atoms with Gasteiger partial charge in [-0.05, 0) is 25.1 Å². The monoisotopic (exact) mass is 179 g/mol. The van der Waals surface area contributed by atoms with E-state index in [4.69, 9.17) is 14.7 Å². The lowest BCUT2D eigenvalue weighted by Crippen LogP contribution is -1.94. The molecule has 0 atom stereocenters. The molecule has 0 radical (unpaired) electrons. The van der Waals surface area contributed by atoms with E-state index in [-0.39, 0.29) is 6.79 Å². The summed E-state index contributed by atoms with van der Waals surface area (Å²) in [5, 5.41) is 11.7. The Balaban J connectivity index is 2.41. The largest absolute Gasteiger partial charge is 0.454 e. The predicted molar refractivity (Wildman–Crippen MR) is 46.6 cm³/mol. The van der Waals surface area contributed by atoms with Crippen LogP contribution in [0.4, 0.5) is 0 Å². The van der Waals surface area contributed by atoms with Crippen molar-refractivity contribution in [3.8, 4) is 11.5 Å². The minimum Gasteiger partial charge on any atom is -0.454 e. The van der Waals surface area contributed by atoms with Gasteiger partial charge in [0.25, 0.3) is 0 Å². The lowest BCUT2D eigenvalue weighted by molar-refractivity contribution is 0.174. The summed E-state index contributed by atoms with van der Waals surface area (Å²) in [5.74, 6) is 1.43. The Hall–Kier alpha value is -1.71. The second-order valence-corrected chi connectivity index (χ2v) is 2.75. The zero-order valence-electron chi connectivity index (χ0n) is 7.15. The maximum Gasteiger partial charge on any atom is 0.231 e. The Morgan fingerprint density at radius 2 is 2.15 bits per heavy atom. The highest BCUT2D eigenvalue weighted by atomic mass is 16.7. The lowest BCUT2D eigenvalue weighted by Gasteiger charge is -1.99. The van der Waals surface area contributed by atoms with E-state index in [0.29, 0.717) is 11.5 Å². The average Bonchev–Trinajstić information content (AvgIpc) is 2.63. The molecule has 13 heavy (non-hydrogen) atoms. The highest BCUT2D eigenvalue weighted by Crippen LogP contribution is 2.32. The second-order valence-electron chi connectivity index (χ2n) is 2.75. The van der Waals surface area contributed by atoms with Crippen LogP contribution in [-0.2, 0) is 0 Å². The maximum atomic E-state index is 8.55. The van der Waals surface area contributed by atoms with E-state index in [1.807, 2.05) is 6.07 Å². The third-order valence-electron chi connectivity index (χ3n) is 1.94. The Morgan fingerprint density at radius 3 is 2.92 bits per heavy atom. The van der Waals surface area contributed by atoms with Gasteiger partial charge in [0.05, 0.1) is 5.71 Å². The van der Waals surface area contributed by atoms with E-state index in [2.05, 4.69) is 5.16 Å². The molecule has 1 aliphatic rings. The van der Waals surface area contributed by atoms with Gasteiger partial charge >= 0.3 is 0 Å².